The molecule has 0 unspecified atom stereocenters. The number of carbonyl (C=O) groups is 1. The van der Waals surface area contributed by atoms with Crippen LogP contribution in [0.1, 0.15) is 56.8 Å². The summed E-state index contributed by atoms with van der Waals surface area (Å²) in [6.07, 6.45) is 1.66. The monoisotopic (exact) mass is 502 g/mol. The van der Waals surface area contributed by atoms with Gasteiger partial charge in [0.05, 0.1) is 26.1 Å². The van der Waals surface area contributed by atoms with Gasteiger partial charge in [-0.25, -0.2) is 8.78 Å². The van der Waals surface area contributed by atoms with Crippen molar-refractivity contribution in [3.05, 3.63) is 35.7 Å². The Kier molecular flexibility index (Phi) is 7.44. The maximum atomic E-state index is 13.3. The Hall–Kier alpha value is -2.71. The second-order valence-corrected chi connectivity index (χ2v) is 10.9. The Balaban J connectivity index is 0.991. The molecule has 0 N–H and O–H groups in total. The van der Waals surface area contributed by atoms with Crippen molar-refractivity contribution in [1.29, 1.82) is 0 Å². The number of anilines is 1. The third-order valence-corrected chi connectivity index (χ3v) is 7.91. The predicted molar refractivity (Wildman–Crippen MR) is 132 cm³/mol. The minimum atomic E-state index is -1.57. The molecule has 4 atom stereocenters. The van der Waals surface area contributed by atoms with Gasteiger partial charge in [-0.05, 0) is 61.1 Å². The zero-order valence-electron chi connectivity index (χ0n) is 21.1. The lowest BCUT2D eigenvalue weighted by atomic mass is 9.90. The fourth-order valence-corrected chi connectivity index (χ4v) is 5.53. The number of ether oxygens (including phenoxy) is 1. The normalized spacial score (nSPS) is 26.6. The van der Waals surface area contributed by atoms with Crippen molar-refractivity contribution in [3.8, 4) is 5.75 Å². The zero-order valence-corrected chi connectivity index (χ0v) is 21.1. The van der Waals surface area contributed by atoms with Crippen molar-refractivity contribution in [2.24, 2.45) is 17.8 Å². The summed E-state index contributed by atoms with van der Waals surface area (Å²) < 4.78 is 38.1. The third kappa shape index (κ3) is 5.81. The minimum Gasteiger partial charge on any atom is -0.494 e. The summed E-state index contributed by atoms with van der Waals surface area (Å²) in [6.45, 7) is 6.46. The molecule has 3 heterocycles. The lowest BCUT2D eigenvalue weighted by Gasteiger charge is -2.30. The summed E-state index contributed by atoms with van der Waals surface area (Å²) in [7, 11) is 0. The SMILES string of the molecule is CC(C)c1noc(N2CCC([C@H]3C[C@H]3CCOc3ccc(CC(=O)N4C[C@@H](F)[C@H](F)C4)cc3)CC2)n1. The fraction of sp³-hybridized carbons (Fsp3) is 0.667. The predicted octanol–water partition coefficient (Wildman–Crippen LogP) is 4.58. The minimum absolute atomic E-state index is 0.147. The van der Waals surface area contributed by atoms with Crippen LogP contribution < -0.4 is 9.64 Å². The molecule has 5 rings (SSSR count). The van der Waals surface area contributed by atoms with Crippen molar-refractivity contribution in [1.82, 2.24) is 15.0 Å². The van der Waals surface area contributed by atoms with Crippen molar-refractivity contribution >= 4 is 11.9 Å². The van der Waals surface area contributed by atoms with E-state index in [1.807, 2.05) is 24.3 Å². The first-order valence-electron chi connectivity index (χ1n) is 13.2. The first-order valence-corrected chi connectivity index (χ1v) is 13.2. The average molecular weight is 503 g/mol. The van der Waals surface area contributed by atoms with Gasteiger partial charge in [0.15, 0.2) is 18.2 Å². The van der Waals surface area contributed by atoms with Gasteiger partial charge in [-0.15, -0.1) is 0 Å². The van der Waals surface area contributed by atoms with Crippen LogP contribution in [0.4, 0.5) is 14.8 Å². The molecule has 7 nitrogen and oxygen atoms in total. The van der Waals surface area contributed by atoms with Crippen LogP contribution in [0.25, 0.3) is 0 Å². The van der Waals surface area contributed by atoms with E-state index in [-0.39, 0.29) is 31.3 Å². The highest BCUT2D eigenvalue weighted by atomic mass is 19.2. The van der Waals surface area contributed by atoms with Gasteiger partial charge >= 0.3 is 6.01 Å². The Morgan fingerprint density at radius 2 is 1.83 bits per heavy atom. The molecule has 1 aromatic carbocycles. The third-order valence-electron chi connectivity index (χ3n) is 7.91. The Bertz CT molecular complexity index is 1010. The molecule has 0 spiro atoms. The second kappa shape index (κ2) is 10.7. The largest absolute Gasteiger partial charge is 0.494 e. The zero-order chi connectivity index (χ0) is 25.2. The van der Waals surface area contributed by atoms with Gasteiger partial charge in [0.2, 0.25) is 5.91 Å². The van der Waals surface area contributed by atoms with E-state index in [2.05, 4.69) is 28.9 Å². The van der Waals surface area contributed by atoms with E-state index in [9.17, 15) is 13.6 Å². The summed E-state index contributed by atoms with van der Waals surface area (Å²) in [5, 5.41) is 4.08. The van der Waals surface area contributed by atoms with Crippen LogP contribution in [-0.4, -0.2) is 66.1 Å². The van der Waals surface area contributed by atoms with Crippen LogP contribution in [0.3, 0.4) is 0 Å². The average Bonchev–Trinajstić information content (AvgIpc) is 3.30. The number of rotatable bonds is 9. The summed E-state index contributed by atoms with van der Waals surface area (Å²) in [5.74, 6) is 3.86. The maximum Gasteiger partial charge on any atom is 0.324 e. The van der Waals surface area contributed by atoms with Crippen molar-refractivity contribution in [2.75, 3.05) is 37.7 Å². The highest BCUT2D eigenvalue weighted by Crippen LogP contribution is 2.50. The molecule has 36 heavy (non-hydrogen) atoms. The number of likely N-dealkylation sites (tertiary alicyclic amines) is 1. The van der Waals surface area contributed by atoms with Gasteiger partial charge in [0.1, 0.15) is 5.75 Å². The number of piperidine rings is 1. The van der Waals surface area contributed by atoms with E-state index in [4.69, 9.17) is 9.26 Å². The molecule has 9 heteroatoms. The molecule has 3 fully saturated rings. The number of amides is 1. The van der Waals surface area contributed by atoms with E-state index in [0.29, 0.717) is 12.6 Å². The van der Waals surface area contributed by atoms with E-state index < -0.39 is 12.3 Å². The Labute approximate surface area is 211 Å². The van der Waals surface area contributed by atoms with E-state index in [1.165, 1.54) is 11.3 Å². The number of nitrogens with zero attached hydrogens (tertiary/aromatic N) is 4. The molecule has 2 aromatic rings. The van der Waals surface area contributed by atoms with E-state index >= 15 is 0 Å². The standard InChI is InChI=1S/C27H36F2N4O3/c1-17(2)26-30-27(36-31-26)32-10-7-19(8-11-32)22-14-20(22)9-12-35-21-5-3-18(4-6-21)13-25(34)33-15-23(28)24(29)16-33/h3-6,17,19-20,22-24H,7-16H2,1-2H3/t20-,22-,23-,24-/m1/s1. The number of benzene rings is 1. The van der Waals surface area contributed by atoms with Gasteiger partial charge in [-0.3, -0.25) is 4.79 Å². The number of halogens is 2. The summed E-state index contributed by atoms with van der Waals surface area (Å²) in [5.41, 5.74) is 0.819. The number of aromatic nitrogens is 2. The molecule has 1 amide bonds. The molecule has 1 aliphatic carbocycles. The molecule has 0 radical (unpaired) electrons. The van der Waals surface area contributed by atoms with Crippen LogP contribution >= 0.6 is 0 Å². The molecule has 196 valence electrons. The fourth-order valence-electron chi connectivity index (χ4n) is 5.53. The molecule has 2 saturated heterocycles. The highest BCUT2D eigenvalue weighted by molar-refractivity contribution is 5.79. The van der Waals surface area contributed by atoms with E-state index in [0.717, 1.165) is 67.2 Å². The molecular formula is C27H36F2N4O3. The first kappa shape index (κ1) is 25.0. The second-order valence-electron chi connectivity index (χ2n) is 10.9. The van der Waals surface area contributed by atoms with Crippen LogP contribution in [0.5, 0.6) is 5.75 Å². The van der Waals surface area contributed by atoms with Crippen LogP contribution in [0.2, 0.25) is 0 Å². The highest BCUT2D eigenvalue weighted by Gasteiger charge is 2.43. The van der Waals surface area contributed by atoms with Gasteiger partial charge in [-0.1, -0.05) is 31.1 Å². The Morgan fingerprint density at radius 1 is 1.14 bits per heavy atom. The number of carbonyl (C=O) groups excluding carboxylic acids is 1. The molecular weight excluding hydrogens is 466 g/mol. The number of hydrogen-bond acceptors (Lipinski definition) is 6. The van der Waals surface area contributed by atoms with Gasteiger partial charge in [0, 0.05) is 19.0 Å². The summed E-state index contributed by atoms with van der Waals surface area (Å²) in [6, 6.07) is 8.09. The molecule has 2 aliphatic heterocycles. The van der Waals surface area contributed by atoms with Gasteiger partial charge in [-0.2, -0.15) is 4.98 Å². The van der Waals surface area contributed by atoms with Gasteiger partial charge in [0.25, 0.3) is 0 Å². The molecule has 3 aliphatic rings. The maximum absolute atomic E-state index is 13.3. The lowest BCUT2D eigenvalue weighted by molar-refractivity contribution is -0.129. The van der Waals surface area contributed by atoms with Crippen LogP contribution in [0, 0.1) is 17.8 Å². The van der Waals surface area contributed by atoms with Crippen molar-refractivity contribution in [2.45, 2.75) is 64.2 Å². The number of hydrogen-bond donors (Lipinski definition) is 0. The molecule has 0 bridgehead atoms. The van der Waals surface area contributed by atoms with Crippen LogP contribution in [-0.2, 0) is 11.2 Å². The lowest BCUT2D eigenvalue weighted by Crippen LogP contribution is -2.34. The summed E-state index contributed by atoms with van der Waals surface area (Å²) >= 11 is 0. The van der Waals surface area contributed by atoms with Crippen molar-refractivity contribution in [3.63, 3.8) is 0 Å². The topological polar surface area (TPSA) is 71.7 Å². The first-order chi connectivity index (χ1) is 17.4. The summed E-state index contributed by atoms with van der Waals surface area (Å²) in [4.78, 5) is 20.3. The van der Waals surface area contributed by atoms with E-state index in [1.54, 1.807) is 0 Å². The van der Waals surface area contributed by atoms with Crippen LogP contribution in [0.15, 0.2) is 28.8 Å². The van der Waals surface area contributed by atoms with Crippen molar-refractivity contribution < 1.29 is 22.8 Å². The molecule has 1 aromatic heterocycles. The number of alkyl halides is 2. The van der Waals surface area contributed by atoms with Gasteiger partial charge < -0.3 is 19.1 Å². The molecule has 1 saturated carbocycles. The smallest absolute Gasteiger partial charge is 0.324 e. The quantitative estimate of drug-likeness (QED) is 0.500. The Morgan fingerprint density at radius 3 is 2.47 bits per heavy atom.